The fourth-order valence-electron chi connectivity index (χ4n) is 2.36. The van der Waals surface area contributed by atoms with E-state index in [9.17, 15) is 4.79 Å². The predicted molar refractivity (Wildman–Crippen MR) is 74.6 cm³/mol. The van der Waals surface area contributed by atoms with Gasteiger partial charge in [-0.15, -0.1) is 0 Å². The molecule has 1 aliphatic rings. The third-order valence-corrected chi connectivity index (χ3v) is 4.21. The lowest BCUT2D eigenvalue weighted by atomic mass is 9.86. The number of carbonyl (C=O) groups is 1. The Morgan fingerprint density at radius 1 is 1.53 bits per heavy atom. The van der Waals surface area contributed by atoms with Crippen LogP contribution in [0.3, 0.4) is 0 Å². The Labute approximate surface area is 114 Å². The van der Waals surface area contributed by atoms with Gasteiger partial charge in [0.15, 0.2) is 0 Å². The highest BCUT2D eigenvalue weighted by molar-refractivity contribution is 5.82. The Kier molecular flexibility index (Phi) is 3.67. The maximum atomic E-state index is 12.5. The number of rotatable bonds is 2. The van der Waals surface area contributed by atoms with Gasteiger partial charge in [-0.25, -0.2) is 4.98 Å². The van der Waals surface area contributed by atoms with Gasteiger partial charge in [0.05, 0.1) is 23.8 Å². The summed E-state index contributed by atoms with van der Waals surface area (Å²) in [4.78, 5) is 21.8. The van der Waals surface area contributed by atoms with Crippen LogP contribution >= 0.6 is 0 Å². The van der Waals surface area contributed by atoms with Crippen molar-refractivity contribution in [3.8, 4) is 0 Å². The molecule has 2 N–H and O–H groups in total. The van der Waals surface area contributed by atoms with Crippen molar-refractivity contribution in [2.45, 2.75) is 52.7 Å². The highest BCUT2D eigenvalue weighted by atomic mass is 16.2. The van der Waals surface area contributed by atoms with Crippen LogP contribution in [-0.4, -0.2) is 39.9 Å². The summed E-state index contributed by atoms with van der Waals surface area (Å²) in [5.41, 5.74) is 2.18. The van der Waals surface area contributed by atoms with Crippen LogP contribution in [0.4, 0.5) is 0 Å². The van der Waals surface area contributed by atoms with Crippen LogP contribution in [-0.2, 0) is 17.8 Å². The summed E-state index contributed by atoms with van der Waals surface area (Å²) >= 11 is 0. The second-order valence-electron chi connectivity index (χ2n) is 6.46. The van der Waals surface area contributed by atoms with E-state index in [-0.39, 0.29) is 23.4 Å². The Morgan fingerprint density at radius 3 is 2.84 bits per heavy atom. The Balaban J connectivity index is 2.05. The molecular weight excluding hydrogens is 240 g/mol. The summed E-state index contributed by atoms with van der Waals surface area (Å²) in [5, 5.41) is 3.29. The molecule has 0 bridgehead atoms. The van der Waals surface area contributed by atoms with Gasteiger partial charge in [-0.3, -0.25) is 10.1 Å². The average molecular weight is 264 g/mol. The first-order valence-electron chi connectivity index (χ1n) is 6.82. The van der Waals surface area contributed by atoms with E-state index in [1.807, 2.05) is 11.9 Å². The number of amides is 1. The molecule has 5 heteroatoms. The minimum atomic E-state index is -0.161. The minimum absolute atomic E-state index is 0.0799. The van der Waals surface area contributed by atoms with Crippen molar-refractivity contribution in [3.63, 3.8) is 0 Å². The zero-order valence-corrected chi connectivity index (χ0v) is 12.4. The maximum absolute atomic E-state index is 12.5. The fraction of sp³-hybridized carbons (Fsp3) is 0.714. The molecule has 19 heavy (non-hydrogen) atoms. The molecule has 2 unspecified atom stereocenters. The van der Waals surface area contributed by atoms with E-state index in [0.717, 1.165) is 11.4 Å². The molecule has 1 aromatic rings. The van der Waals surface area contributed by atoms with Gasteiger partial charge in [0.2, 0.25) is 5.91 Å². The van der Waals surface area contributed by atoms with Crippen LogP contribution in [0.1, 0.15) is 39.1 Å². The van der Waals surface area contributed by atoms with Gasteiger partial charge in [-0.2, -0.15) is 0 Å². The van der Waals surface area contributed by atoms with Gasteiger partial charge < -0.3 is 9.88 Å². The first-order valence-corrected chi connectivity index (χ1v) is 6.82. The SMILES string of the molecule is CC(N(C)C(=O)C1Cc2nc[nH]c2CN1)C(C)(C)C. The molecule has 1 aliphatic heterocycles. The predicted octanol–water partition coefficient (Wildman–Crippen LogP) is 1.32. The number of carbonyl (C=O) groups excluding carboxylic acids is 1. The molecule has 0 radical (unpaired) electrons. The molecule has 2 heterocycles. The lowest BCUT2D eigenvalue weighted by Crippen LogP contribution is -2.53. The minimum Gasteiger partial charge on any atom is -0.347 e. The molecule has 0 aliphatic carbocycles. The first kappa shape index (κ1) is 14.1. The van der Waals surface area contributed by atoms with E-state index in [4.69, 9.17) is 0 Å². The quantitative estimate of drug-likeness (QED) is 0.847. The van der Waals surface area contributed by atoms with Crippen LogP contribution in [0.25, 0.3) is 0 Å². The van der Waals surface area contributed by atoms with Crippen LogP contribution in [0.5, 0.6) is 0 Å². The van der Waals surface area contributed by atoms with Crippen molar-refractivity contribution in [1.29, 1.82) is 0 Å². The van der Waals surface area contributed by atoms with Gasteiger partial charge in [0.1, 0.15) is 0 Å². The fourth-order valence-corrected chi connectivity index (χ4v) is 2.36. The summed E-state index contributed by atoms with van der Waals surface area (Å²) in [6.45, 7) is 9.24. The molecule has 5 nitrogen and oxygen atoms in total. The number of imidazole rings is 1. The monoisotopic (exact) mass is 264 g/mol. The summed E-state index contributed by atoms with van der Waals surface area (Å²) in [5.74, 6) is 0.149. The van der Waals surface area contributed by atoms with Crippen molar-refractivity contribution in [2.24, 2.45) is 5.41 Å². The van der Waals surface area contributed by atoms with Crippen LogP contribution in [0, 0.1) is 5.41 Å². The third-order valence-electron chi connectivity index (χ3n) is 4.21. The van der Waals surface area contributed by atoms with Crippen LogP contribution in [0.2, 0.25) is 0 Å². The number of H-pyrrole nitrogens is 1. The van der Waals surface area contributed by atoms with Crippen molar-refractivity contribution in [2.75, 3.05) is 7.05 Å². The van der Waals surface area contributed by atoms with E-state index < -0.39 is 0 Å². The van der Waals surface area contributed by atoms with Crippen molar-refractivity contribution >= 4 is 5.91 Å². The lowest BCUT2D eigenvalue weighted by Gasteiger charge is -2.37. The van der Waals surface area contributed by atoms with E-state index in [1.54, 1.807) is 6.33 Å². The molecule has 0 saturated heterocycles. The van der Waals surface area contributed by atoms with Gasteiger partial charge in [-0.1, -0.05) is 20.8 Å². The largest absolute Gasteiger partial charge is 0.347 e. The van der Waals surface area contributed by atoms with Gasteiger partial charge in [-0.05, 0) is 12.3 Å². The Morgan fingerprint density at radius 2 is 2.21 bits per heavy atom. The van der Waals surface area contributed by atoms with Crippen molar-refractivity contribution in [3.05, 3.63) is 17.7 Å². The van der Waals surface area contributed by atoms with E-state index in [1.165, 1.54) is 0 Å². The number of nitrogens with one attached hydrogen (secondary N) is 2. The Hall–Kier alpha value is -1.36. The number of likely N-dealkylation sites (N-methyl/N-ethyl adjacent to an activating group) is 1. The molecule has 1 aromatic heterocycles. The van der Waals surface area contributed by atoms with E-state index in [2.05, 4.69) is 43.0 Å². The molecule has 0 aromatic carbocycles. The molecule has 0 fully saturated rings. The second-order valence-corrected chi connectivity index (χ2v) is 6.46. The van der Waals surface area contributed by atoms with Gasteiger partial charge in [0.25, 0.3) is 0 Å². The molecule has 2 rings (SSSR count). The van der Waals surface area contributed by atoms with E-state index >= 15 is 0 Å². The highest BCUT2D eigenvalue weighted by Crippen LogP contribution is 2.24. The summed E-state index contributed by atoms with van der Waals surface area (Å²) in [6.07, 6.45) is 2.36. The molecular formula is C14H24N4O. The lowest BCUT2D eigenvalue weighted by molar-refractivity contribution is -0.136. The number of fused-ring (bicyclic) bond motifs is 1. The number of hydrogen-bond acceptors (Lipinski definition) is 3. The zero-order chi connectivity index (χ0) is 14.2. The number of aromatic amines is 1. The molecule has 1 amide bonds. The first-order chi connectivity index (χ1) is 8.80. The van der Waals surface area contributed by atoms with Crippen molar-refractivity contribution in [1.82, 2.24) is 20.2 Å². The number of hydrogen-bond donors (Lipinski definition) is 2. The maximum Gasteiger partial charge on any atom is 0.240 e. The van der Waals surface area contributed by atoms with Gasteiger partial charge >= 0.3 is 0 Å². The summed E-state index contributed by atoms with van der Waals surface area (Å²) in [7, 11) is 1.89. The third kappa shape index (κ3) is 2.81. The van der Waals surface area contributed by atoms with Crippen LogP contribution < -0.4 is 5.32 Å². The molecule has 2 atom stereocenters. The number of nitrogens with zero attached hydrogens (tertiary/aromatic N) is 2. The average Bonchev–Trinajstić information content (AvgIpc) is 2.82. The highest BCUT2D eigenvalue weighted by Gasteiger charge is 2.33. The topological polar surface area (TPSA) is 61.0 Å². The smallest absolute Gasteiger partial charge is 0.240 e. The van der Waals surface area contributed by atoms with E-state index in [0.29, 0.717) is 13.0 Å². The standard InChI is InChI=1S/C14H24N4O/c1-9(14(2,3)4)18(5)13(19)11-6-10-12(7-15-11)17-8-16-10/h8-9,11,15H,6-7H2,1-5H3,(H,16,17). The number of aromatic nitrogens is 2. The molecule has 0 saturated carbocycles. The second kappa shape index (κ2) is 4.96. The normalized spacial score (nSPS) is 20.8. The summed E-state index contributed by atoms with van der Waals surface area (Å²) in [6, 6.07) is 0.0352. The Bertz CT molecular complexity index is 460. The molecule has 0 spiro atoms. The molecule has 106 valence electrons. The van der Waals surface area contributed by atoms with Crippen molar-refractivity contribution < 1.29 is 4.79 Å². The van der Waals surface area contributed by atoms with Crippen LogP contribution in [0.15, 0.2) is 6.33 Å². The van der Waals surface area contributed by atoms with Gasteiger partial charge in [0, 0.05) is 26.1 Å². The summed E-state index contributed by atoms with van der Waals surface area (Å²) < 4.78 is 0. The zero-order valence-electron chi connectivity index (χ0n) is 12.4.